The molecule has 1 aromatic rings. The number of nitrogens with one attached hydrogen (secondary N) is 2. The van der Waals surface area contributed by atoms with Gasteiger partial charge in [-0.25, -0.2) is 0 Å². The van der Waals surface area contributed by atoms with Crippen LogP contribution in [0.5, 0.6) is 0 Å². The lowest BCUT2D eigenvalue weighted by Gasteiger charge is -2.37. The predicted molar refractivity (Wildman–Crippen MR) is 140 cm³/mol. The van der Waals surface area contributed by atoms with E-state index in [-0.39, 0.29) is 30.1 Å². The fourth-order valence-corrected chi connectivity index (χ4v) is 4.87. The van der Waals surface area contributed by atoms with E-state index in [4.69, 9.17) is 4.74 Å². The van der Waals surface area contributed by atoms with Crippen LogP contribution in [-0.4, -0.2) is 80.3 Å². The van der Waals surface area contributed by atoms with Crippen molar-refractivity contribution in [1.29, 1.82) is 0 Å². The Morgan fingerprint density at radius 3 is 2.60 bits per heavy atom. The first-order chi connectivity index (χ1) is 13.9. The normalized spacial score (nSPS) is 19.2. The molecule has 2 atom stereocenters. The molecular weight excluding hydrogens is 509 g/mol. The molecule has 2 heterocycles. The van der Waals surface area contributed by atoms with Gasteiger partial charge < -0.3 is 15.4 Å². The van der Waals surface area contributed by atoms with Crippen molar-refractivity contribution in [2.75, 3.05) is 46.4 Å². The Bertz CT molecular complexity index is 588. The third-order valence-corrected chi connectivity index (χ3v) is 6.46. The van der Waals surface area contributed by atoms with Gasteiger partial charge in [-0.05, 0) is 52.5 Å². The number of rotatable bonds is 10. The molecule has 2 unspecified atom stereocenters. The number of hydrogen-bond acceptors (Lipinski definition) is 5. The van der Waals surface area contributed by atoms with Crippen LogP contribution in [0.2, 0.25) is 0 Å². The highest BCUT2D eigenvalue weighted by molar-refractivity contribution is 14.0. The van der Waals surface area contributed by atoms with Gasteiger partial charge in [0.1, 0.15) is 0 Å². The zero-order chi connectivity index (χ0) is 21.2. The second kappa shape index (κ2) is 14.6. The second-order valence-corrected chi connectivity index (χ2v) is 9.35. The second-order valence-electron chi connectivity index (χ2n) is 8.37. The topological polar surface area (TPSA) is 52.1 Å². The third kappa shape index (κ3) is 8.98. The smallest absolute Gasteiger partial charge is 0.191 e. The zero-order valence-electron chi connectivity index (χ0n) is 19.6. The van der Waals surface area contributed by atoms with E-state index in [0.717, 1.165) is 51.7 Å². The summed E-state index contributed by atoms with van der Waals surface area (Å²) in [5.74, 6) is 0.883. The number of hydrogen-bond donors (Lipinski definition) is 2. The maximum atomic E-state index is 5.74. The predicted octanol–water partition coefficient (Wildman–Crippen LogP) is 3.80. The molecule has 2 N–H and O–H groups in total. The van der Waals surface area contributed by atoms with Crippen molar-refractivity contribution in [3.63, 3.8) is 0 Å². The van der Waals surface area contributed by atoms with E-state index in [1.54, 1.807) is 0 Å². The van der Waals surface area contributed by atoms with Crippen LogP contribution in [-0.2, 0) is 4.74 Å². The molecule has 2 rings (SSSR count). The minimum Gasteiger partial charge on any atom is -0.376 e. The van der Waals surface area contributed by atoms with Gasteiger partial charge in [-0.2, -0.15) is 0 Å². The maximum Gasteiger partial charge on any atom is 0.191 e. The van der Waals surface area contributed by atoms with Crippen molar-refractivity contribution in [1.82, 2.24) is 20.4 Å². The largest absolute Gasteiger partial charge is 0.376 e. The molecule has 0 aliphatic carbocycles. The number of thiophene rings is 1. The fraction of sp³-hybridized carbons (Fsp3) is 0.773. The van der Waals surface area contributed by atoms with Gasteiger partial charge in [-0.3, -0.25) is 14.8 Å². The van der Waals surface area contributed by atoms with E-state index < -0.39 is 0 Å². The molecule has 0 bridgehead atoms. The monoisotopic (exact) mass is 551 g/mol. The number of aliphatic imine (C=N–C) groups is 1. The van der Waals surface area contributed by atoms with Crippen LogP contribution in [0.1, 0.15) is 52.0 Å². The quantitative estimate of drug-likeness (QED) is 0.201. The molecule has 0 saturated carbocycles. The van der Waals surface area contributed by atoms with Crippen LogP contribution in [0.4, 0.5) is 0 Å². The van der Waals surface area contributed by atoms with Crippen LogP contribution in [0.15, 0.2) is 22.5 Å². The molecule has 0 aromatic carbocycles. The molecule has 0 radical (unpaired) electrons. The lowest BCUT2D eigenvalue weighted by molar-refractivity contribution is -0.0334. The van der Waals surface area contributed by atoms with Gasteiger partial charge in [0, 0.05) is 56.7 Å². The highest BCUT2D eigenvalue weighted by Gasteiger charge is 2.26. The number of nitrogens with zero attached hydrogens (tertiary/aromatic N) is 3. The zero-order valence-corrected chi connectivity index (χ0v) is 22.7. The minimum atomic E-state index is 0. The lowest BCUT2D eigenvalue weighted by atomic mass is 10.1. The summed E-state index contributed by atoms with van der Waals surface area (Å²) in [4.78, 5) is 10.9. The summed E-state index contributed by atoms with van der Waals surface area (Å²) in [6.45, 7) is 16.8. The van der Waals surface area contributed by atoms with E-state index in [1.165, 1.54) is 4.88 Å². The number of morpholine rings is 1. The van der Waals surface area contributed by atoms with E-state index in [0.29, 0.717) is 18.1 Å². The third-order valence-electron chi connectivity index (χ3n) is 5.48. The summed E-state index contributed by atoms with van der Waals surface area (Å²) in [5.41, 5.74) is 0. The molecule has 30 heavy (non-hydrogen) atoms. The van der Waals surface area contributed by atoms with Crippen molar-refractivity contribution in [2.24, 2.45) is 4.99 Å². The Balaban J connectivity index is 0.00000450. The molecule has 174 valence electrons. The molecular formula is C22H42IN5OS. The molecule has 1 fully saturated rings. The van der Waals surface area contributed by atoms with Gasteiger partial charge in [0.15, 0.2) is 5.96 Å². The van der Waals surface area contributed by atoms with Crippen LogP contribution < -0.4 is 10.6 Å². The summed E-state index contributed by atoms with van der Waals surface area (Å²) in [5, 5.41) is 9.20. The van der Waals surface area contributed by atoms with Crippen molar-refractivity contribution in [3.05, 3.63) is 22.4 Å². The minimum absolute atomic E-state index is 0. The summed E-state index contributed by atoms with van der Waals surface area (Å²) in [6.07, 6.45) is 1.39. The molecule has 1 aliphatic rings. The first-order valence-corrected chi connectivity index (χ1v) is 11.9. The molecule has 1 aromatic heterocycles. The molecule has 1 aliphatic heterocycles. The highest BCUT2D eigenvalue weighted by atomic mass is 127. The van der Waals surface area contributed by atoms with E-state index in [2.05, 4.69) is 77.6 Å². The summed E-state index contributed by atoms with van der Waals surface area (Å²) in [6, 6.07) is 5.88. The maximum absolute atomic E-state index is 5.74. The van der Waals surface area contributed by atoms with Crippen LogP contribution in [0.3, 0.4) is 0 Å². The Morgan fingerprint density at radius 1 is 1.30 bits per heavy atom. The van der Waals surface area contributed by atoms with Gasteiger partial charge in [-0.1, -0.05) is 6.07 Å². The molecule has 0 spiro atoms. The van der Waals surface area contributed by atoms with Crippen molar-refractivity contribution in [2.45, 2.75) is 65.3 Å². The SMILES string of the molecule is CN=C(NCCCN(C(C)C)C(C)C)NCC(c1cccs1)N1CCOC(C)C1.I. The average molecular weight is 552 g/mol. The molecule has 1 saturated heterocycles. The van der Waals surface area contributed by atoms with E-state index in [9.17, 15) is 0 Å². The lowest BCUT2D eigenvalue weighted by Crippen LogP contribution is -2.48. The Hall–Kier alpha value is -0.420. The molecule has 0 amide bonds. The van der Waals surface area contributed by atoms with Crippen LogP contribution >= 0.6 is 35.3 Å². The fourth-order valence-electron chi connectivity index (χ4n) is 4.01. The summed E-state index contributed by atoms with van der Waals surface area (Å²) >= 11 is 1.83. The van der Waals surface area contributed by atoms with Gasteiger partial charge in [-0.15, -0.1) is 35.3 Å². The molecule has 6 nitrogen and oxygen atoms in total. The van der Waals surface area contributed by atoms with Gasteiger partial charge >= 0.3 is 0 Å². The Labute approximate surface area is 204 Å². The first-order valence-electron chi connectivity index (χ1n) is 11.0. The van der Waals surface area contributed by atoms with E-state index in [1.807, 2.05) is 18.4 Å². The first kappa shape index (κ1) is 27.6. The van der Waals surface area contributed by atoms with Crippen LogP contribution in [0, 0.1) is 0 Å². The molecule has 8 heteroatoms. The van der Waals surface area contributed by atoms with E-state index >= 15 is 0 Å². The van der Waals surface area contributed by atoms with Crippen molar-refractivity contribution in [3.8, 4) is 0 Å². The number of ether oxygens (including phenoxy) is 1. The summed E-state index contributed by atoms with van der Waals surface area (Å²) in [7, 11) is 1.85. The van der Waals surface area contributed by atoms with Crippen molar-refractivity contribution >= 4 is 41.3 Å². The van der Waals surface area contributed by atoms with Crippen LogP contribution in [0.25, 0.3) is 0 Å². The van der Waals surface area contributed by atoms with Gasteiger partial charge in [0.2, 0.25) is 0 Å². The van der Waals surface area contributed by atoms with Crippen molar-refractivity contribution < 1.29 is 4.74 Å². The number of halogens is 1. The highest BCUT2D eigenvalue weighted by Crippen LogP contribution is 2.26. The summed E-state index contributed by atoms with van der Waals surface area (Å²) < 4.78 is 5.74. The Morgan fingerprint density at radius 2 is 2.03 bits per heavy atom. The standard InChI is InChI=1S/C22H41N5OS.HI/c1-17(2)27(18(3)4)11-8-10-24-22(23-6)25-15-20(21-9-7-14-29-21)26-12-13-28-19(5)16-26;/h7,9,14,17-20H,8,10-13,15-16H2,1-6H3,(H2,23,24,25);1H. The Kier molecular flexibility index (Phi) is 13.4. The van der Waals surface area contributed by atoms with Gasteiger partial charge in [0.25, 0.3) is 0 Å². The average Bonchev–Trinajstić information content (AvgIpc) is 3.20. The number of guanidine groups is 1. The van der Waals surface area contributed by atoms with Gasteiger partial charge in [0.05, 0.1) is 18.8 Å².